The van der Waals surface area contributed by atoms with Crippen LogP contribution in [-0.2, 0) is 18.3 Å². The van der Waals surface area contributed by atoms with E-state index in [0.717, 1.165) is 6.61 Å². The molecule has 223 valence electrons. The van der Waals surface area contributed by atoms with Gasteiger partial charge in [-0.25, -0.2) is 0 Å². The summed E-state index contributed by atoms with van der Waals surface area (Å²) in [6.45, 7) is 2.96. The summed E-state index contributed by atoms with van der Waals surface area (Å²) in [5.41, 5.74) is 4.95. The van der Waals surface area contributed by atoms with Gasteiger partial charge >= 0.3 is 134 Å². The zero-order chi connectivity index (χ0) is 27.1. The Bertz CT molecular complexity index is 888. The van der Waals surface area contributed by atoms with Gasteiger partial charge in [-0.05, 0) is 77.0 Å². The van der Waals surface area contributed by atoms with Crippen LogP contribution < -0.4 is 0 Å². The molecule has 0 amide bonds. The molecule has 1 aliphatic heterocycles. The van der Waals surface area contributed by atoms with Gasteiger partial charge in [-0.1, -0.05) is 19.3 Å². The molecule has 1 radical (unpaired) electrons. The largest absolute Gasteiger partial charge is 0 e. The summed E-state index contributed by atoms with van der Waals surface area (Å²) < 4.78 is 8.01. The first-order valence-corrected chi connectivity index (χ1v) is 23.2. The van der Waals surface area contributed by atoms with Crippen LogP contribution in [0.2, 0.25) is 0 Å². The molecule has 0 spiro atoms. The second-order valence-corrected chi connectivity index (χ2v) is 22.1. The zero-order valence-corrected chi connectivity index (χ0v) is 32.5. The summed E-state index contributed by atoms with van der Waals surface area (Å²) in [4.78, 5) is 0. The van der Waals surface area contributed by atoms with Crippen LogP contribution in [0.4, 0.5) is 0 Å². The fourth-order valence-corrected chi connectivity index (χ4v) is 16.1. The van der Waals surface area contributed by atoms with Crippen LogP contribution in [0.5, 0.6) is 0 Å². The van der Waals surface area contributed by atoms with Crippen molar-refractivity contribution in [2.75, 3.05) is 6.61 Å². The first-order valence-electron chi connectivity index (χ1n) is 16.0. The van der Waals surface area contributed by atoms with Gasteiger partial charge in [0.1, 0.15) is 0 Å². The summed E-state index contributed by atoms with van der Waals surface area (Å²) in [7, 11) is 12.1. The molecule has 4 aliphatic carbocycles. The second-order valence-electron chi connectivity index (χ2n) is 12.9. The van der Waals surface area contributed by atoms with Crippen molar-refractivity contribution < 1.29 is 59.5 Å². The SMILES string of the molecule is C1CCC([PH+](C2CCCCC2)C2CCCCC2)CC1.C[C@@H]1OC[C@@H]2[CH-][C@@H]([CH]=[Ru]([Cl])[Cl])[C@]12/C=C/c1ccccc1.[Pr]. The molecule has 0 aromatic heterocycles. The Kier molecular flexibility index (Phi) is 15.1. The number of fused-ring (bicyclic) bond motifs is 1. The smallest absolute Gasteiger partial charge is 0 e. The molecule has 5 aliphatic rings. The van der Waals surface area contributed by atoms with Gasteiger partial charge in [0.2, 0.25) is 0 Å². The molecule has 1 heterocycles. The Balaban J connectivity index is 0.000000181. The van der Waals surface area contributed by atoms with E-state index in [9.17, 15) is 0 Å². The Morgan fingerprint density at radius 1 is 0.825 bits per heavy atom. The maximum absolute atomic E-state index is 6.07. The van der Waals surface area contributed by atoms with Crippen LogP contribution in [0.1, 0.15) is 109 Å². The number of rotatable bonds is 6. The molecule has 4 saturated carbocycles. The quantitative estimate of drug-likeness (QED) is 0.158. The molecule has 1 nitrogen and oxygen atoms in total. The van der Waals surface area contributed by atoms with E-state index in [-0.39, 0.29) is 60.7 Å². The molecule has 5 fully saturated rings. The standard InChI is InChI=1S/C18H33P.C16H17O.2ClH.Pr.Ru/c1-4-10-16(11-5-1)19(17-12-6-2-7-13-17)18-14-8-3-9-15-18;1-12-10-15-11-17-13(2)16(12,15)9-8-14-6-4-3-5-7-14;;;;/h16-18H,1-15H2;1,3-10,12-13,15H,11H2,2H3;2*1H;;/q;-1;;;;+2/p-1/b;9-8+;;;;/t;12-,13+,15+,16-;;;;/m.1..../s1. The van der Waals surface area contributed by atoms with Gasteiger partial charge in [-0.2, -0.15) is 0 Å². The number of ether oxygens (including phenoxy) is 1. The summed E-state index contributed by atoms with van der Waals surface area (Å²) in [5.74, 6) is 0.833. The van der Waals surface area contributed by atoms with Crippen molar-refractivity contribution in [2.45, 2.75) is 126 Å². The van der Waals surface area contributed by atoms with Crippen molar-refractivity contribution in [1.29, 1.82) is 0 Å². The normalized spacial score (nSPS) is 32.0. The van der Waals surface area contributed by atoms with Gasteiger partial charge in [-0.15, -0.1) is 0 Å². The Hall–Kier alpha value is 1.79. The maximum Gasteiger partial charge on any atom is 0 e. The summed E-state index contributed by atoms with van der Waals surface area (Å²) in [6, 6.07) is 10.4. The summed E-state index contributed by atoms with van der Waals surface area (Å²) in [6.07, 6.45) is 30.9. The van der Waals surface area contributed by atoms with E-state index in [1.165, 1.54) is 22.5 Å². The van der Waals surface area contributed by atoms with Crippen LogP contribution in [0.3, 0.4) is 0 Å². The van der Waals surface area contributed by atoms with Crippen molar-refractivity contribution in [2.24, 2.45) is 17.3 Å². The van der Waals surface area contributed by atoms with Gasteiger partial charge in [0.25, 0.3) is 0 Å². The molecule has 6 heteroatoms. The predicted octanol–water partition coefficient (Wildman–Crippen LogP) is 10.5. The van der Waals surface area contributed by atoms with Crippen LogP contribution >= 0.6 is 27.3 Å². The maximum atomic E-state index is 6.07. The molecule has 4 atom stereocenters. The van der Waals surface area contributed by atoms with Crippen molar-refractivity contribution in [1.82, 2.24) is 0 Å². The number of benzene rings is 1. The molecule has 1 saturated heterocycles. The molecular formula is C34H51Cl2OPPrRu. The van der Waals surface area contributed by atoms with Gasteiger partial charge in [-0.3, -0.25) is 0 Å². The third-order valence-corrected chi connectivity index (χ3v) is 17.4. The molecule has 40 heavy (non-hydrogen) atoms. The monoisotopic (exact) mass is 819 g/mol. The zero-order valence-electron chi connectivity index (χ0n) is 24.6. The van der Waals surface area contributed by atoms with E-state index in [4.69, 9.17) is 24.1 Å². The van der Waals surface area contributed by atoms with Crippen molar-refractivity contribution in [3.8, 4) is 0 Å². The molecule has 1 aromatic rings. The van der Waals surface area contributed by atoms with E-state index in [1.807, 2.05) is 6.07 Å². The van der Waals surface area contributed by atoms with Crippen LogP contribution in [-0.4, -0.2) is 34.3 Å². The molecule has 0 unspecified atom stereocenters. The summed E-state index contributed by atoms with van der Waals surface area (Å²) in [5, 5.41) is 0. The third-order valence-electron chi connectivity index (χ3n) is 10.7. The van der Waals surface area contributed by atoms with E-state index < -0.39 is 13.5 Å². The summed E-state index contributed by atoms with van der Waals surface area (Å²) >= 11 is -1.76. The van der Waals surface area contributed by atoms with Crippen LogP contribution in [0.25, 0.3) is 6.08 Å². The number of halogens is 2. The van der Waals surface area contributed by atoms with Gasteiger partial charge < -0.3 is 0 Å². The topological polar surface area (TPSA) is 9.23 Å². The van der Waals surface area contributed by atoms with Crippen molar-refractivity contribution >= 4 is 38.0 Å². The third kappa shape index (κ3) is 8.73. The minimum atomic E-state index is -1.76. The van der Waals surface area contributed by atoms with E-state index in [2.05, 4.69) is 54.4 Å². The first-order chi connectivity index (χ1) is 19.1. The van der Waals surface area contributed by atoms with Crippen LogP contribution in [0.15, 0.2) is 36.4 Å². The Morgan fingerprint density at radius 2 is 1.32 bits per heavy atom. The molecule has 1 aromatic carbocycles. The number of hydrogen-bond acceptors (Lipinski definition) is 1. The van der Waals surface area contributed by atoms with Gasteiger partial charge in [0.05, 0.1) is 17.0 Å². The molecule has 0 bridgehead atoms. The van der Waals surface area contributed by atoms with Crippen molar-refractivity contribution in [3.05, 3.63) is 48.4 Å². The van der Waals surface area contributed by atoms with E-state index in [0.29, 0.717) is 11.8 Å². The van der Waals surface area contributed by atoms with Gasteiger partial charge in [0, 0.05) is 49.2 Å². The fraction of sp³-hybridized carbons (Fsp3) is 0.706. The predicted molar refractivity (Wildman–Crippen MR) is 171 cm³/mol. The Morgan fingerprint density at radius 3 is 1.77 bits per heavy atom. The average Bonchev–Trinajstić information content (AvgIpc) is 3.22. The molecular weight excluding hydrogens is 768 g/mol. The van der Waals surface area contributed by atoms with Crippen LogP contribution in [0, 0.1) is 65.0 Å². The second kappa shape index (κ2) is 17.5. The first kappa shape index (κ1) is 34.7. The Labute approximate surface area is 292 Å². The van der Waals surface area contributed by atoms with E-state index in [1.54, 1.807) is 96.3 Å². The molecule has 6 rings (SSSR count). The number of hydrogen-bond donors (Lipinski definition) is 0. The minimum absolute atomic E-state index is 0. The molecule has 0 N–H and O–H groups in total. The minimum Gasteiger partial charge on any atom is 0 e. The average molecular weight is 820 g/mol. The van der Waals surface area contributed by atoms with Gasteiger partial charge in [0.15, 0.2) is 0 Å². The van der Waals surface area contributed by atoms with Crippen molar-refractivity contribution in [3.63, 3.8) is 0 Å². The fourth-order valence-electron chi connectivity index (χ4n) is 8.60. The van der Waals surface area contributed by atoms with E-state index >= 15 is 0 Å².